The van der Waals surface area contributed by atoms with Crippen molar-refractivity contribution >= 4 is 17.3 Å². The minimum absolute atomic E-state index is 0.222. The second kappa shape index (κ2) is 14.2. The average Bonchev–Trinajstić information content (AvgIpc) is 3.27. The summed E-state index contributed by atoms with van der Waals surface area (Å²) in [7, 11) is 2.06. The molecule has 1 atom stereocenters. The van der Waals surface area contributed by atoms with Gasteiger partial charge in [-0.05, 0) is 80.9 Å². The van der Waals surface area contributed by atoms with Crippen molar-refractivity contribution in [1.29, 1.82) is 0 Å². The van der Waals surface area contributed by atoms with E-state index in [9.17, 15) is 18.0 Å². The zero-order valence-corrected chi connectivity index (χ0v) is 23.7. The van der Waals surface area contributed by atoms with Crippen molar-refractivity contribution in [3.05, 3.63) is 101 Å². The van der Waals surface area contributed by atoms with E-state index in [0.29, 0.717) is 35.7 Å². The molecular weight excluding hydrogens is 543 g/mol. The van der Waals surface area contributed by atoms with E-state index in [4.69, 9.17) is 16.2 Å². The molecule has 1 heterocycles. The number of benzene rings is 3. The number of para-hydroxylation sites is 1. The Kier molecular flexibility index (Phi) is 10.5. The molecule has 10 heteroatoms. The maximum absolute atomic E-state index is 13.6. The van der Waals surface area contributed by atoms with Crippen LogP contribution in [0.5, 0.6) is 5.75 Å². The van der Waals surface area contributed by atoms with Crippen LogP contribution < -0.4 is 21.5 Å². The van der Waals surface area contributed by atoms with Crippen molar-refractivity contribution in [3.63, 3.8) is 0 Å². The summed E-state index contributed by atoms with van der Waals surface area (Å²) in [6.07, 6.45) is -1.92. The van der Waals surface area contributed by atoms with Crippen LogP contribution in [-0.2, 0) is 11.0 Å². The summed E-state index contributed by atoms with van der Waals surface area (Å²) in [4.78, 5) is 17.5. The Labute approximate surface area is 244 Å². The molecule has 0 aromatic heterocycles. The lowest BCUT2D eigenvalue weighted by Crippen LogP contribution is -2.31. The van der Waals surface area contributed by atoms with Crippen molar-refractivity contribution in [2.45, 2.75) is 31.5 Å². The molecule has 0 saturated heterocycles. The fourth-order valence-corrected chi connectivity index (χ4v) is 4.91. The summed E-state index contributed by atoms with van der Waals surface area (Å²) >= 11 is 0. The van der Waals surface area contributed by atoms with Gasteiger partial charge in [-0.15, -0.1) is 0 Å². The SMILES string of the molecule is CN(CCCCN1CC(Nc2cccc(C(F)(F)F)c2)=C([C@H](N)c2ccc(N)cc2)C1=O)CCCOc1ccccc1. The zero-order chi connectivity index (χ0) is 30.1. The van der Waals surface area contributed by atoms with Crippen molar-refractivity contribution in [2.24, 2.45) is 5.73 Å². The van der Waals surface area contributed by atoms with Crippen molar-refractivity contribution in [3.8, 4) is 5.75 Å². The van der Waals surface area contributed by atoms with Gasteiger partial charge in [-0.25, -0.2) is 0 Å². The number of anilines is 2. The van der Waals surface area contributed by atoms with Gasteiger partial charge in [0.15, 0.2) is 0 Å². The smallest absolute Gasteiger partial charge is 0.416 e. The summed E-state index contributed by atoms with van der Waals surface area (Å²) in [5, 5.41) is 3.07. The maximum Gasteiger partial charge on any atom is 0.416 e. The van der Waals surface area contributed by atoms with Gasteiger partial charge in [-0.1, -0.05) is 36.4 Å². The highest BCUT2D eigenvalue weighted by atomic mass is 19.4. The number of amides is 1. The lowest BCUT2D eigenvalue weighted by atomic mass is 9.98. The Morgan fingerprint density at radius 1 is 0.976 bits per heavy atom. The fraction of sp³-hybridized carbons (Fsp3) is 0.344. The van der Waals surface area contributed by atoms with E-state index in [0.717, 1.165) is 50.2 Å². The van der Waals surface area contributed by atoms with Gasteiger partial charge in [0.25, 0.3) is 5.91 Å². The van der Waals surface area contributed by atoms with E-state index >= 15 is 0 Å². The van der Waals surface area contributed by atoms with E-state index < -0.39 is 17.8 Å². The molecule has 0 radical (unpaired) electrons. The number of nitrogens with one attached hydrogen (secondary N) is 1. The number of hydrogen-bond donors (Lipinski definition) is 3. The predicted molar refractivity (Wildman–Crippen MR) is 160 cm³/mol. The number of nitrogens with zero attached hydrogens (tertiary/aromatic N) is 2. The third kappa shape index (κ3) is 8.50. The Morgan fingerprint density at radius 3 is 2.40 bits per heavy atom. The van der Waals surface area contributed by atoms with Crippen molar-refractivity contribution in [2.75, 3.05) is 50.9 Å². The standard InChI is InChI=1S/C32H38F3N5O2/c1-39(18-8-20-42-27-11-3-2-4-12-27)17-5-6-19-40-22-28(38-26-10-7-9-24(21-26)32(33,34)35)29(31(40)41)30(37)23-13-15-25(36)16-14-23/h2-4,7,9-16,21,30,38H,5-6,8,17-20,22,36-37H2,1H3/t30-/m1/s1. The third-order valence-electron chi connectivity index (χ3n) is 7.20. The van der Waals surface area contributed by atoms with E-state index in [1.54, 1.807) is 35.2 Å². The highest BCUT2D eigenvalue weighted by Crippen LogP contribution is 2.34. The Balaban J connectivity index is 1.34. The number of carbonyl (C=O) groups excluding carboxylic acids is 1. The third-order valence-corrected chi connectivity index (χ3v) is 7.20. The van der Waals surface area contributed by atoms with Crippen molar-refractivity contribution < 1.29 is 22.7 Å². The lowest BCUT2D eigenvalue weighted by Gasteiger charge is -2.20. The number of nitrogen functional groups attached to an aromatic ring is 1. The molecule has 42 heavy (non-hydrogen) atoms. The summed E-state index contributed by atoms with van der Waals surface area (Å²) in [6.45, 7) is 3.15. The predicted octanol–water partition coefficient (Wildman–Crippen LogP) is 5.68. The molecule has 7 nitrogen and oxygen atoms in total. The molecular formula is C32H38F3N5O2. The lowest BCUT2D eigenvalue weighted by molar-refractivity contribution is -0.137. The van der Waals surface area contributed by atoms with Crippen LogP contribution in [0.1, 0.15) is 36.4 Å². The molecule has 0 spiro atoms. The van der Waals surface area contributed by atoms with E-state index in [1.807, 2.05) is 30.3 Å². The second-order valence-corrected chi connectivity index (χ2v) is 10.5. The number of alkyl halides is 3. The van der Waals surface area contributed by atoms with Gasteiger partial charge in [0.05, 0.1) is 30.3 Å². The van der Waals surface area contributed by atoms with E-state index in [-0.39, 0.29) is 18.1 Å². The van der Waals surface area contributed by atoms with Crippen LogP contribution in [0.3, 0.4) is 0 Å². The summed E-state index contributed by atoms with van der Waals surface area (Å²) in [5.41, 5.74) is 13.9. The number of halogens is 3. The second-order valence-electron chi connectivity index (χ2n) is 10.5. The number of hydrogen-bond acceptors (Lipinski definition) is 6. The molecule has 5 N–H and O–H groups in total. The number of ether oxygens (including phenoxy) is 1. The van der Waals surface area contributed by atoms with Crippen molar-refractivity contribution in [1.82, 2.24) is 9.80 Å². The van der Waals surface area contributed by atoms with Gasteiger partial charge >= 0.3 is 6.18 Å². The highest BCUT2D eigenvalue weighted by molar-refractivity contribution is 5.99. The van der Waals surface area contributed by atoms with Crippen LogP contribution in [0.15, 0.2) is 90.1 Å². The van der Waals surface area contributed by atoms with Crippen LogP contribution >= 0.6 is 0 Å². The maximum atomic E-state index is 13.6. The topological polar surface area (TPSA) is 96.9 Å². The molecule has 0 aliphatic carbocycles. The Bertz CT molecular complexity index is 1350. The van der Waals surface area contributed by atoms with Crippen LogP contribution in [0.2, 0.25) is 0 Å². The number of unbranched alkanes of at least 4 members (excludes halogenated alkanes) is 1. The molecule has 1 aliphatic heterocycles. The van der Waals surface area contributed by atoms with Gasteiger partial charge < -0.3 is 31.3 Å². The van der Waals surface area contributed by atoms with Crippen LogP contribution in [0, 0.1) is 0 Å². The first-order valence-corrected chi connectivity index (χ1v) is 14.1. The quantitative estimate of drug-likeness (QED) is 0.168. The first-order valence-electron chi connectivity index (χ1n) is 14.1. The molecule has 0 bridgehead atoms. The first kappa shape index (κ1) is 30.9. The summed E-state index contributed by atoms with van der Waals surface area (Å²) in [6, 6.07) is 20.8. The molecule has 1 aliphatic rings. The molecule has 3 aromatic carbocycles. The largest absolute Gasteiger partial charge is 0.494 e. The zero-order valence-electron chi connectivity index (χ0n) is 23.7. The summed E-state index contributed by atoms with van der Waals surface area (Å²) < 4.78 is 45.7. The van der Waals surface area contributed by atoms with Crippen LogP contribution in [0.25, 0.3) is 0 Å². The minimum atomic E-state index is -4.48. The summed E-state index contributed by atoms with van der Waals surface area (Å²) in [5.74, 6) is 0.640. The normalized spacial score (nSPS) is 14.5. The fourth-order valence-electron chi connectivity index (χ4n) is 4.91. The van der Waals surface area contributed by atoms with Gasteiger partial charge in [0.1, 0.15) is 5.75 Å². The molecule has 4 rings (SSSR count). The minimum Gasteiger partial charge on any atom is -0.494 e. The Hall–Kier alpha value is -4.02. The monoisotopic (exact) mass is 581 g/mol. The van der Waals surface area contributed by atoms with Gasteiger partial charge in [-0.3, -0.25) is 4.79 Å². The van der Waals surface area contributed by atoms with Crippen LogP contribution in [0.4, 0.5) is 24.5 Å². The highest BCUT2D eigenvalue weighted by Gasteiger charge is 2.35. The molecule has 0 unspecified atom stereocenters. The molecule has 1 amide bonds. The number of carbonyl (C=O) groups is 1. The van der Waals surface area contributed by atoms with Gasteiger partial charge in [0, 0.05) is 30.2 Å². The average molecular weight is 582 g/mol. The number of nitrogens with two attached hydrogens (primary N) is 2. The molecule has 0 saturated carbocycles. The van der Waals surface area contributed by atoms with Gasteiger partial charge in [0.2, 0.25) is 0 Å². The van der Waals surface area contributed by atoms with Crippen LogP contribution in [-0.4, -0.2) is 55.5 Å². The molecule has 0 fully saturated rings. The molecule has 224 valence electrons. The van der Waals surface area contributed by atoms with Gasteiger partial charge in [-0.2, -0.15) is 13.2 Å². The first-order chi connectivity index (χ1) is 20.1. The Morgan fingerprint density at radius 2 is 1.69 bits per heavy atom. The number of rotatable bonds is 14. The van der Waals surface area contributed by atoms with E-state index in [1.165, 1.54) is 6.07 Å². The van der Waals surface area contributed by atoms with E-state index in [2.05, 4.69) is 17.3 Å². The molecule has 3 aromatic rings.